The fourth-order valence-corrected chi connectivity index (χ4v) is 3.86. The maximum atomic E-state index is 12.1. The van der Waals surface area contributed by atoms with Crippen LogP contribution in [-0.4, -0.2) is 46.1 Å². The van der Waals surface area contributed by atoms with Crippen molar-refractivity contribution in [3.8, 4) is 0 Å². The van der Waals surface area contributed by atoms with Gasteiger partial charge in [0.2, 0.25) is 5.91 Å². The van der Waals surface area contributed by atoms with Crippen LogP contribution in [-0.2, 0) is 16.6 Å². The number of nitrogens with zero attached hydrogens (tertiary/aromatic N) is 2. The van der Waals surface area contributed by atoms with Crippen LogP contribution in [0.4, 0.5) is 0 Å². The number of aromatic nitrogens is 2. The summed E-state index contributed by atoms with van der Waals surface area (Å²) >= 11 is 1.61. The summed E-state index contributed by atoms with van der Waals surface area (Å²) in [6.45, 7) is 1.80. The van der Waals surface area contributed by atoms with Gasteiger partial charge in [0.05, 0.1) is 11.9 Å². The predicted molar refractivity (Wildman–Crippen MR) is 72.8 cm³/mol. The molecule has 4 nitrogen and oxygen atoms in total. The fourth-order valence-electron chi connectivity index (χ4n) is 3.43. The summed E-state index contributed by atoms with van der Waals surface area (Å²) < 4.78 is 0. The largest absolute Gasteiger partial charge is 0.341 e. The Morgan fingerprint density at radius 3 is 3.33 bits per heavy atom. The van der Waals surface area contributed by atoms with Gasteiger partial charge in [-0.1, -0.05) is 0 Å². The standard InChI is InChI=1S/C13H19N3OS/c1-18-8-11(17)16-6-2-4-13(9-16)5-3-10-7-14-15-12(10)13/h7H,2-6,8-9H2,1H3,(H,14,15). The Hall–Kier alpha value is -0.970. The van der Waals surface area contributed by atoms with Crippen LogP contribution >= 0.6 is 11.8 Å². The molecule has 1 spiro atoms. The van der Waals surface area contributed by atoms with Crippen LogP contribution in [0, 0.1) is 0 Å². The van der Waals surface area contributed by atoms with Gasteiger partial charge in [-0.2, -0.15) is 16.9 Å². The molecule has 98 valence electrons. The quantitative estimate of drug-likeness (QED) is 0.883. The number of amides is 1. The summed E-state index contributed by atoms with van der Waals surface area (Å²) in [6, 6.07) is 0. The van der Waals surface area contributed by atoms with Gasteiger partial charge in [0, 0.05) is 24.2 Å². The highest BCUT2D eigenvalue weighted by Gasteiger charge is 2.44. The molecule has 1 atom stereocenters. The van der Waals surface area contributed by atoms with E-state index in [1.165, 1.54) is 24.1 Å². The number of hydrogen-bond donors (Lipinski definition) is 1. The molecule has 3 rings (SSSR count). The van der Waals surface area contributed by atoms with Crippen LogP contribution in [0.25, 0.3) is 0 Å². The Kier molecular flexibility index (Phi) is 3.09. The van der Waals surface area contributed by atoms with Crippen molar-refractivity contribution in [1.29, 1.82) is 0 Å². The monoisotopic (exact) mass is 265 g/mol. The molecule has 2 aliphatic rings. The summed E-state index contributed by atoms with van der Waals surface area (Å²) in [5.74, 6) is 0.890. The molecule has 1 aliphatic heterocycles. The van der Waals surface area contributed by atoms with E-state index >= 15 is 0 Å². The summed E-state index contributed by atoms with van der Waals surface area (Å²) in [5.41, 5.74) is 2.82. The number of fused-ring (bicyclic) bond motifs is 2. The first-order valence-electron chi connectivity index (χ1n) is 6.55. The molecule has 0 radical (unpaired) electrons. The Balaban J connectivity index is 1.81. The number of nitrogens with one attached hydrogen (secondary N) is 1. The summed E-state index contributed by atoms with van der Waals surface area (Å²) in [6.07, 6.45) is 8.51. The molecule has 18 heavy (non-hydrogen) atoms. The number of carbonyl (C=O) groups is 1. The van der Waals surface area contributed by atoms with Gasteiger partial charge in [0.25, 0.3) is 0 Å². The van der Waals surface area contributed by atoms with Crippen molar-refractivity contribution in [2.45, 2.75) is 31.1 Å². The summed E-state index contributed by atoms with van der Waals surface area (Å²) in [5, 5.41) is 7.34. The van der Waals surface area contributed by atoms with Crippen LogP contribution < -0.4 is 0 Å². The predicted octanol–water partition coefficient (Wildman–Crippen LogP) is 1.58. The van der Waals surface area contributed by atoms with Gasteiger partial charge in [-0.25, -0.2) is 0 Å². The van der Waals surface area contributed by atoms with E-state index in [2.05, 4.69) is 15.1 Å². The third-order valence-corrected chi connectivity index (χ3v) is 4.85. The third-order valence-electron chi connectivity index (χ3n) is 4.32. The molecule has 5 heteroatoms. The molecule has 1 fully saturated rings. The van der Waals surface area contributed by atoms with Crippen molar-refractivity contribution in [2.24, 2.45) is 0 Å². The highest BCUT2D eigenvalue weighted by atomic mass is 32.2. The van der Waals surface area contributed by atoms with Crippen LogP contribution in [0.5, 0.6) is 0 Å². The Morgan fingerprint density at radius 2 is 2.50 bits per heavy atom. The normalized spacial score (nSPS) is 26.6. The number of aromatic amines is 1. The fraction of sp³-hybridized carbons (Fsp3) is 0.692. The molecular formula is C13H19N3OS. The van der Waals surface area contributed by atoms with E-state index < -0.39 is 0 Å². The van der Waals surface area contributed by atoms with E-state index in [9.17, 15) is 4.79 Å². The number of rotatable bonds is 2. The van der Waals surface area contributed by atoms with Gasteiger partial charge >= 0.3 is 0 Å². The second-order valence-corrected chi connectivity index (χ2v) is 6.27. The number of carbonyl (C=O) groups excluding carboxylic acids is 1. The highest BCUT2D eigenvalue weighted by Crippen LogP contribution is 2.43. The van der Waals surface area contributed by atoms with Crippen LogP contribution in [0.15, 0.2) is 6.20 Å². The van der Waals surface area contributed by atoms with Crippen molar-refractivity contribution in [2.75, 3.05) is 25.1 Å². The van der Waals surface area contributed by atoms with Crippen molar-refractivity contribution < 1.29 is 4.79 Å². The number of piperidine rings is 1. The molecule has 1 aromatic rings. The van der Waals surface area contributed by atoms with Crippen LogP contribution in [0.2, 0.25) is 0 Å². The lowest BCUT2D eigenvalue weighted by Gasteiger charge is -2.40. The molecule has 1 aliphatic carbocycles. The minimum Gasteiger partial charge on any atom is -0.341 e. The Morgan fingerprint density at radius 1 is 1.61 bits per heavy atom. The summed E-state index contributed by atoms with van der Waals surface area (Å²) in [4.78, 5) is 14.1. The van der Waals surface area contributed by atoms with Gasteiger partial charge in [-0.3, -0.25) is 9.89 Å². The van der Waals surface area contributed by atoms with Crippen LogP contribution in [0.1, 0.15) is 30.5 Å². The maximum Gasteiger partial charge on any atom is 0.232 e. The zero-order chi connectivity index (χ0) is 12.6. The highest BCUT2D eigenvalue weighted by molar-refractivity contribution is 7.99. The first-order chi connectivity index (χ1) is 8.75. The molecule has 1 unspecified atom stereocenters. The van der Waals surface area contributed by atoms with E-state index in [-0.39, 0.29) is 11.3 Å². The van der Waals surface area contributed by atoms with Crippen molar-refractivity contribution >= 4 is 17.7 Å². The lowest BCUT2D eigenvalue weighted by Crippen LogP contribution is -2.48. The molecule has 2 heterocycles. The lowest BCUT2D eigenvalue weighted by atomic mass is 9.77. The molecule has 0 aromatic carbocycles. The number of H-pyrrole nitrogens is 1. The van der Waals surface area contributed by atoms with E-state index in [0.29, 0.717) is 5.75 Å². The van der Waals surface area contributed by atoms with Gasteiger partial charge in [-0.15, -0.1) is 0 Å². The second kappa shape index (κ2) is 4.61. The topological polar surface area (TPSA) is 49.0 Å². The minimum atomic E-state index is 0.165. The average Bonchev–Trinajstić information content (AvgIpc) is 2.96. The van der Waals surface area contributed by atoms with E-state index in [1.807, 2.05) is 12.5 Å². The average molecular weight is 265 g/mol. The van der Waals surface area contributed by atoms with Crippen LogP contribution in [0.3, 0.4) is 0 Å². The molecule has 0 saturated carbocycles. The SMILES string of the molecule is CSCC(=O)N1CCCC2(CCc3cn[nH]c32)C1. The first-order valence-corrected chi connectivity index (χ1v) is 7.94. The van der Waals surface area contributed by atoms with E-state index in [1.54, 1.807) is 11.8 Å². The molecule has 1 aromatic heterocycles. The van der Waals surface area contributed by atoms with Crippen molar-refractivity contribution in [3.63, 3.8) is 0 Å². The van der Waals surface area contributed by atoms with Gasteiger partial charge < -0.3 is 4.90 Å². The van der Waals surface area contributed by atoms with Crippen molar-refractivity contribution in [1.82, 2.24) is 15.1 Å². The molecule has 0 bridgehead atoms. The Bertz CT molecular complexity index is 459. The number of thioether (sulfide) groups is 1. The van der Waals surface area contributed by atoms with E-state index in [0.717, 1.165) is 25.9 Å². The molecule has 1 amide bonds. The lowest BCUT2D eigenvalue weighted by molar-refractivity contribution is -0.130. The number of hydrogen-bond acceptors (Lipinski definition) is 3. The Labute approximate surface area is 112 Å². The molecular weight excluding hydrogens is 246 g/mol. The molecule has 1 saturated heterocycles. The minimum absolute atomic E-state index is 0.165. The third kappa shape index (κ3) is 1.85. The van der Waals surface area contributed by atoms with Gasteiger partial charge in [0.1, 0.15) is 0 Å². The zero-order valence-electron chi connectivity index (χ0n) is 10.7. The molecule has 1 N–H and O–H groups in total. The smallest absolute Gasteiger partial charge is 0.232 e. The number of aryl methyl sites for hydroxylation is 1. The first kappa shape index (κ1) is 12.1. The van der Waals surface area contributed by atoms with E-state index in [4.69, 9.17) is 0 Å². The van der Waals surface area contributed by atoms with Crippen molar-refractivity contribution in [3.05, 3.63) is 17.5 Å². The number of likely N-dealkylation sites (tertiary alicyclic amines) is 1. The van der Waals surface area contributed by atoms with Gasteiger partial charge in [-0.05, 0) is 37.5 Å². The second-order valence-electron chi connectivity index (χ2n) is 5.40. The zero-order valence-corrected chi connectivity index (χ0v) is 11.6. The summed E-state index contributed by atoms with van der Waals surface area (Å²) in [7, 11) is 0. The van der Waals surface area contributed by atoms with Gasteiger partial charge in [0.15, 0.2) is 0 Å². The maximum absolute atomic E-state index is 12.1.